The molecule has 0 saturated heterocycles. The van der Waals surface area contributed by atoms with E-state index in [1.165, 1.54) is 26.7 Å². The van der Waals surface area contributed by atoms with E-state index in [0.717, 1.165) is 5.00 Å². The number of nitrogens with zero attached hydrogens (tertiary/aromatic N) is 2. The summed E-state index contributed by atoms with van der Waals surface area (Å²) in [5.74, 6) is 0. The van der Waals surface area contributed by atoms with Crippen molar-refractivity contribution in [3.63, 3.8) is 0 Å². The number of thiophene rings is 1. The van der Waals surface area contributed by atoms with Crippen LogP contribution in [0, 0.1) is 13.0 Å². The molecule has 0 saturated carbocycles. The van der Waals surface area contributed by atoms with Gasteiger partial charge in [0.1, 0.15) is 5.00 Å². The molecule has 2 aromatic heterocycles. The number of imidazole rings is 1. The summed E-state index contributed by atoms with van der Waals surface area (Å²) in [7, 11) is 2.09. The van der Waals surface area contributed by atoms with Crippen LogP contribution in [0.2, 0.25) is 0 Å². The number of aromatic nitrogens is 2. The summed E-state index contributed by atoms with van der Waals surface area (Å²) in [5.41, 5.74) is 3.79. The van der Waals surface area contributed by atoms with Crippen molar-refractivity contribution in [1.29, 1.82) is 0 Å². The number of rotatable bonds is 1. The van der Waals surface area contributed by atoms with Gasteiger partial charge < -0.3 is 0 Å². The predicted octanol–water partition coefficient (Wildman–Crippen LogP) is 4.57. The molecular formula is C17H14IrN2S. The van der Waals surface area contributed by atoms with Crippen molar-refractivity contribution >= 4 is 32.5 Å². The molecule has 0 aliphatic rings. The molecule has 4 heteroatoms. The summed E-state index contributed by atoms with van der Waals surface area (Å²) >= 11 is 1.78. The van der Waals surface area contributed by atoms with Gasteiger partial charge in [-0.1, -0.05) is 16.8 Å². The normalized spacial score (nSPS) is 11.0. The minimum Gasteiger partial charge on any atom is -0.248 e. The summed E-state index contributed by atoms with van der Waals surface area (Å²) < 4.78 is 5.69. The Morgan fingerprint density at radius 2 is 1.90 bits per heavy atom. The molecule has 4 rings (SSSR count). The van der Waals surface area contributed by atoms with Gasteiger partial charge in [-0.15, -0.1) is 23.5 Å². The maximum Gasteiger partial charge on any atom is 0.193 e. The fourth-order valence-corrected chi connectivity index (χ4v) is 3.68. The Kier molecular flexibility index (Phi) is 3.70. The first-order valence-electron chi connectivity index (χ1n) is 6.61. The molecule has 0 aliphatic heterocycles. The van der Waals surface area contributed by atoms with E-state index in [1.807, 2.05) is 0 Å². The molecule has 4 aromatic rings. The van der Waals surface area contributed by atoms with Crippen LogP contribution >= 0.6 is 11.3 Å². The average molecular weight is 471 g/mol. The van der Waals surface area contributed by atoms with Crippen LogP contribution < -0.4 is 0 Å². The van der Waals surface area contributed by atoms with Crippen LogP contribution in [0.4, 0.5) is 0 Å². The van der Waals surface area contributed by atoms with E-state index in [4.69, 9.17) is 0 Å². The Balaban J connectivity index is 0.00000132. The molecule has 2 aromatic carbocycles. The van der Waals surface area contributed by atoms with Gasteiger partial charge in [-0.2, -0.15) is 16.0 Å². The van der Waals surface area contributed by atoms with Gasteiger partial charge in [0, 0.05) is 38.8 Å². The van der Waals surface area contributed by atoms with Gasteiger partial charge in [0.05, 0.1) is 0 Å². The molecule has 0 atom stereocenters. The summed E-state index contributed by atoms with van der Waals surface area (Å²) in [6.45, 7) is 2.16. The van der Waals surface area contributed by atoms with Crippen molar-refractivity contribution in [2.24, 2.45) is 7.05 Å². The molecule has 0 bridgehead atoms. The van der Waals surface area contributed by atoms with Crippen LogP contribution in [0.25, 0.3) is 26.1 Å². The Morgan fingerprint density at radius 1 is 1.10 bits per heavy atom. The second kappa shape index (κ2) is 5.37. The first-order chi connectivity index (χ1) is 9.74. The van der Waals surface area contributed by atoms with Crippen molar-refractivity contribution < 1.29 is 20.1 Å². The van der Waals surface area contributed by atoms with E-state index >= 15 is 0 Å². The number of hydrogen-bond donors (Lipinski definition) is 0. The molecule has 1 radical (unpaired) electrons. The Bertz CT molecular complexity index is 903. The fraction of sp³-hybridized carbons (Fsp3) is 0.118. The molecule has 107 valence electrons. The third-order valence-corrected chi connectivity index (χ3v) is 4.75. The van der Waals surface area contributed by atoms with Crippen molar-refractivity contribution in [2.75, 3.05) is 0 Å². The van der Waals surface area contributed by atoms with Crippen molar-refractivity contribution in [3.8, 4) is 5.00 Å². The predicted molar refractivity (Wildman–Crippen MR) is 85.6 cm³/mol. The zero-order chi connectivity index (χ0) is 13.7. The van der Waals surface area contributed by atoms with Gasteiger partial charge in [0.15, 0.2) is 17.4 Å². The first kappa shape index (κ1) is 14.5. The SMILES string of the molecule is Cc1cccc2c1n(-c1[c-]c3ccccc3s1)[cH+]n2C.[Ir]. The molecule has 0 amide bonds. The summed E-state index contributed by atoms with van der Waals surface area (Å²) in [6.07, 6.45) is 2.14. The minimum atomic E-state index is 0. The number of para-hydroxylation sites is 1. The smallest absolute Gasteiger partial charge is 0.193 e. The maximum absolute atomic E-state index is 3.51. The zero-order valence-electron chi connectivity index (χ0n) is 11.8. The van der Waals surface area contributed by atoms with Gasteiger partial charge in [-0.05, 0) is 19.1 Å². The average Bonchev–Trinajstić information content (AvgIpc) is 3.01. The van der Waals surface area contributed by atoms with Crippen molar-refractivity contribution in [1.82, 2.24) is 9.13 Å². The van der Waals surface area contributed by atoms with E-state index in [1.54, 1.807) is 11.3 Å². The van der Waals surface area contributed by atoms with Crippen molar-refractivity contribution in [3.05, 3.63) is 60.4 Å². The molecule has 0 N–H and O–H groups in total. The topological polar surface area (TPSA) is 9.86 Å². The molecule has 0 spiro atoms. The van der Waals surface area contributed by atoms with E-state index in [-0.39, 0.29) is 20.1 Å². The molecular weight excluding hydrogens is 456 g/mol. The maximum atomic E-state index is 3.51. The van der Waals surface area contributed by atoms with Gasteiger partial charge in [0.2, 0.25) is 0 Å². The number of aryl methyl sites for hydroxylation is 2. The van der Waals surface area contributed by atoms with Crippen LogP contribution in [0.5, 0.6) is 0 Å². The third kappa shape index (κ3) is 2.24. The van der Waals surface area contributed by atoms with Crippen LogP contribution in [0.15, 0.2) is 48.8 Å². The number of hydrogen-bond acceptors (Lipinski definition) is 1. The molecule has 21 heavy (non-hydrogen) atoms. The Labute approximate surface area is 141 Å². The van der Waals surface area contributed by atoms with Gasteiger partial charge in [-0.25, -0.2) is 4.57 Å². The van der Waals surface area contributed by atoms with Gasteiger partial charge >= 0.3 is 0 Å². The molecule has 0 unspecified atom stereocenters. The molecule has 0 aliphatic carbocycles. The summed E-state index contributed by atoms with van der Waals surface area (Å²) in [6, 6.07) is 18.4. The summed E-state index contributed by atoms with van der Waals surface area (Å²) in [5, 5.41) is 2.33. The van der Waals surface area contributed by atoms with E-state index < -0.39 is 0 Å². The molecule has 0 fully saturated rings. The van der Waals surface area contributed by atoms with Gasteiger partial charge in [0.25, 0.3) is 0 Å². The van der Waals surface area contributed by atoms with Crippen LogP contribution in [-0.2, 0) is 27.2 Å². The first-order valence-corrected chi connectivity index (χ1v) is 7.43. The Hall–Kier alpha value is -1.48. The van der Waals surface area contributed by atoms with Crippen LogP contribution in [-0.4, -0.2) is 9.13 Å². The zero-order valence-corrected chi connectivity index (χ0v) is 15.0. The van der Waals surface area contributed by atoms with E-state index in [0.29, 0.717) is 0 Å². The number of fused-ring (bicyclic) bond motifs is 2. The quantitative estimate of drug-likeness (QED) is 0.361. The second-order valence-electron chi connectivity index (χ2n) is 5.07. The van der Waals surface area contributed by atoms with E-state index in [9.17, 15) is 0 Å². The monoisotopic (exact) mass is 471 g/mol. The van der Waals surface area contributed by atoms with E-state index in [2.05, 4.69) is 78.0 Å². The molecule has 2 nitrogen and oxygen atoms in total. The third-order valence-electron chi connectivity index (χ3n) is 3.68. The summed E-state index contributed by atoms with van der Waals surface area (Å²) in [4.78, 5) is 0. The van der Waals surface area contributed by atoms with Crippen LogP contribution in [0.3, 0.4) is 0 Å². The Morgan fingerprint density at radius 3 is 2.71 bits per heavy atom. The molecule has 2 heterocycles. The number of benzene rings is 2. The van der Waals surface area contributed by atoms with Crippen LogP contribution in [0.1, 0.15) is 5.56 Å². The fourth-order valence-electron chi connectivity index (χ4n) is 2.70. The standard InChI is InChI=1S/C17H14N2S.Ir/c1-12-6-5-8-14-17(12)19(11-18(14)2)16-10-13-7-3-4-9-15(13)20-16;/h3-9,11H,1-2H3;. The second-order valence-corrected chi connectivity index (χ2v) is 6.10. The largest absolute Gasteiger partial charge is 0.248 e. The minimum absolute atomic E-state index is 0. The van der Waals surface area contributed by atoms with Gasteiger partial charge in [-0.3, -0.25) is 0 Å². The van der Waals surface area contributed by atoms with Crippen molar-refractivity contribution in [2.45, 2.75) is 6.92 Å².